The summed E-state index contributed by atoms with van der Waals surface area (Å²) in [7, 11) is 0. The van der Waals surface area contributed by atoms with Crippen LogP contribution >= 0.6 is 0 Å². The molecule has 0 radical (unpaired) electrons. The molecule has 0 aromatic heterocycles. The van der Waals surface area contributed by atoms with Gasteiger partial charge in [-0.1, -0.05) is 30.3 Å². The molecule has 1 fully saturated rings. The molecule has 1 heterocycles. The van der Waals surface area contributed by atoms with Gasteiger partial charge in [-0.25, -0.2) is 0 Å². The average molecular weight is 319 g/mol. The maximum atomic E-state index is 12.3. The van der Waals surface area contributed by atoms with Crippen LogP contribution in [0.2, 0.25) is 0 Å². The number of carbonyl (C=O) groups excluding carboxylic acids is 1. The molecule has 0 aliphatic carbocycles. The quantitative estimate of drug-likeness (QED) is 0.939. The Morgan fingerprint density at radius 3 is 2.38 bits per heavy atom. The molecule has 0 unspecified atom stereocenters. The molecule has 1 N–H and O–H groups in total. The van der Waals surface area contributed by atoms with E-state index < -0.39 is 0 Å². The van der Waals surface area contributed by atoms with Crippen LogP contribution in [0.25, 0.3) is 0 Å². The lowest BCUT2D eigenvalue weighted by Gasteiger charge is -2.31. The summed E-state index contributed by atoms with van der Waals surface area (Å²) in [6.07, 6.45) is 1.77. The summed E-state index contributed by atoms with van der Waals surface area (Å²) >= 11 is 0. The van der Waals surface area contributed by atoms with Crippen LogP contribution in [0.5, 0.6) is 0 Å². The van der Waals surface area contributed by atoms with Gasteiger partial charge in [-0.15, -0.1) is 0 Å². The minimum atomic E-state index is 0.0856. The van der Waals surface area contributed by atoms with Crippen LogP contribution in [0, 0.1) is 17.2 Å². The van der Waals surface area contributed by atoms with E-state index in [4.69, 9.17) is 5.26 Å². The average Bonchev–Trinajstić information content (AvgIpc) is 2.64. The Morgan fingerprint density at radius 1 is 1.08 bits per heavy atom. The molecule has 0 spiro atoms. The zero-order valence-electron chi connectivity index (χ0n) is 13.6. The van der Waals surface area contributed by atoms with Gasteiger partial charge in [-0.2, -0.15) is 5.26 Å². The molecule has 1 saturated heterocycles. The van der Waals surface area contributed by atoms with E-state index in [2.05, 4.69) is 16.3 Å². The Balaban J connectivity index is 1.48. The maximum absolute atomic E-state index is 12.3. The first-order valence-corrected chi connectivity index (χ1v) is 8.32. The monoisotopic (exact) mass is 319 g/mol. The van der Waals surface area contributed by atoms with E-state index in [1.165, 1.54) is 5.56 Å². The summed E-state index contributed by atoms with van der Waals surface area (Å²) in [6.45, 7) is 2.72. The second-order valence-electron chi connectivity index (χ2n) is 6.21. The lowest BCUT2D eigenvalue weighted by atomic mass is 9.95. The maximum Gasteiger partial charge on any atom is 0.227 e. The Morgan fingerprint density at radius 2 is 1.75 bits per heavy atom. The van der Waals surface area contributed by atoms with Crippen molar-refractivity contribution in [3.05, 3.63) is 65.7 Å². The molecule has 1 aliphatic rings. The molecule has 4 nitrogen and oxygen atoms in total. The Labute approximate surface area is 142 Å². The van der Waals surface area contributed by atoms with Gasteiger partial charge in [-0.05, 0) is 55.8 Å². The van der Waals surface area contributed by atoms with Gasteiger partial charge >= 0.3 is 0 Å². The molecule has 24 heavy (non-hydrogen) atoms. The molecular formula is C20H21N3O. The van der Waals surface area contributed by atoms with Crippen molar-refractivity contribution in [2.45, 2.75) is 19.4 Å². The van der Waals surface area contributed by atoms with Crippen LogP contribution in [-0.2, 0) is 11.3 Å². The van der Waals surface area contributed by atoms with Crippen LogP contribution < -0.4 is 5.32 Å². The summed E-state index contributed by atoms with van der Waals surface area (Å²) in [5.41, 5.74) is 2.76. The van der Waals surface area contributed by atoms with E-state index in [1.54, 1.807) is 0 Å². The number of rotatable bonds is 4. The number of piperidine rings is 1. The fraction of sp³-hybridized carbons (Fsp3) is 0.300. The second kappa shape index (κ2) is 7.76. The van der Waals surface area contributed by atoms with Crippen LogP contribution in [0.1, 0.15) is 24.0 Å². The molecule has 3 rings (SSSR count). The molecule has 0 bridgehead atoms. The number of nitrogens with zero attached hydrogens (tertiary/aromatic N) is 2. The largest absolute Gasteiger partial charge is 0.326 e. The molecule has 122 valence electrons. The highest BCUT2D eigenvalue weighted by Crippen LogP contribution is 2.21. The smallest absolute Gasteiger partial charge is 0.227 e. The third-order valence-corrected chi connectivity index (χ3v) is 4.49. The molecule has 4 heteroatoms. The van der Waals surface area contributed by atoms with Crippen molar-refractivity contribution in [1.82, 2.24) is 4.90 Å². The van der Waals surface area contributed by atoms with E-state index in [1.807, 2.05) is 54.6 Å². The van der Waals surface area contributed by atoms with Gasteiger partial charge in [0.25, 0.3) is 0 Å². The normalized spacial score (nSPS) is 15.6. The van der Waals surface area contributed by atoms with E-state index in [0.29, 0.717) is 5.56 Å². The number of hydrogen-bond donors (Lipinski definition) is 1. The lowest BCUT2D eigenvalue weighted by Crippen LogP contribution is -2.37. The topological polar surface area (TPSA) is 56.1 Å². The van der Waals surface area contributed by atoms with Crippen LogP contribution in [0.4, 0.5) is 5.69 Å². The lowest BCUT2D eigenvalue weighted by molar-refractivity contribution is -0.121. The summed E-state index contributed by atoms with van der Waals surface area (Å²) in [6, 6.07) is 19.5. The zero-order valence-corrected chi connectivity index (χ0v) is 13.6. The van der Waals surface area contributed by atoms with Crippen LogP contribution in [0.15, 0.2) is 54.6 Å². The van der Waals surface area contributed by atoms with Gasteiger partial charge in [0, 0.05) is 18.2 Å². The molecular weight excluding hydrogens is 298 g/mol. The third-order valence-electron chi connectivity index (χ3n) is 4.49. The zero-order chi connectivity index (χ0) is 16.8. The fourth-order valence-electron chi connectivity index (χ4n) is 3.06. The number of likely N-dealkylation sites (tertiary alicyclic amines) is 1. The van der Waals surface area contributed by atoms with Gasteiger partial charge in [0.2, 0.25) is 5.91 Å². The number of benzene rings is 2. The number of para-hydroxylation sites is 1. The third kappa shape index (κ3) is 4.21. The van der Waals surface area contributed by atoms with Gasteiger partial charge in [0.15, 0.2) is 0 Å². The SMILES string of the molecule is N#Cc1ccc(CN2CCC(C(=O)Nc3ccccc3)CC2)cc1. The first kappa shape index (κ1) is 16.2. The van der Waals surface area contributed by atoms with Crippen LogP contribution in [0.3, 0.4) is 0 Å². The molecule has 2 aromatic rings. The Bertz CT molecular complexity index is 711. The van der Waals surface area contributed by atoms with Crippen molar-refractivity contribution >= 4 is 11.6 Å². The molecule has 1 amide bonds. The summed E-state index contributed by atoms with van der Waals surface area (Å²) < 4.78 is 0. The highest BCUT2D eigenvalue weighted by molar-refractivity contribution is 5.92. The van der Waals surface area contributed by atoms with Crippen molar-refractivity contribution in [2.75, 3.05) is 18.4 Å². The predicted molar refractivity (Wildman–Crippen MR) is 94.2 cm³/mol. The number of hydrogen-bond acceptors (Lipinski definition) is 3. The fourth-order valence-corrected chi connectivity index (χ4v) is 3.06. The number of nitrogens with one attached hydrogen (secondary N) is 1. The summed E-state index contributed by atoms with van der Waals surface area (Å²) in [4.78, 5) is 14.7. The molecule has 2 aromatic carbocycles. The molecule has 0 atom stereocenters. The van der Waals surface area contributed by atoms with E-state index >= 15 is 0 Å². The van der Waals surface area contributed by atoms with Crippen molar-refractivity contribution in [3.63, 3.8) is 0 Å². The van der Waals surface area contributed by atoms with E-state index in [0.717, 1.165) is 38.2 Å². The second-order valence-corrected chi connectivity index (χ2v) is 6.21. The van der Waals surface area contributed by atoms with Gasteiger partial charge in [-0.3, -0.25) is 9.69 Å². The highest BCUT2D eigenvalue weighted by Gasteiger charge is 2.24. The Kier molecular flexibility index (Phi) is 5.25. The first-order chi connectivity index (χ1) is 11.7. The van der Waals surface area contributed by atoms with Gasteiger partial charge in [0.1, 0.15) is 0 Å². The van der Waals surface area contributed by atoms with E-state index in [9.17, 15) is 4.79 Å². The summed E-state index contributed by atoms with van der Waals surface area (Å²) in [5.74, 6) is 0.210. The Hall–Kier alpha value is -2.64. The number of amides is 1. The summed E-state index contributed by atoms with van der Waals surface area (Å²) in [5, 5.41) is 11.8. The van der Waals surface area contributed by atoms with Gasteiger partial charge < -0.3 is 5.32 Å². The highest BCUT2D eigenvalue weighted by atomic mass is 16.1. The first-order valence-electron chi connectivity index (χ1n) is 8.32. The molecule has 1 aliphatic heterocycles. The number of carbonyl (C=O) groups is 1. The van der Waals surface area contributed by atoms with E-state index in [-0.39, 0.29) is 11.8 Å². The van der Waals surface area contributed by atoms with Crippen molar-refractivity contribution in [1.29, 1.82) is 5.26 Å². The van der Waals surface area contributed by atoms with Crippen molar-refractivity contribution in [2.24, 2.45) is 5.92 Å². The van der Waals surface area contributed by atoms with Gasteiger partial charge in [0.05, 0.1) is 11.6 Å². The number of anilines is 1. The minimum absolute atomic E-state index is 0.0856. The van der Waals surface area contributed by atoms with Crippen molar-refractivity contribution in [3.8, 4) is 6.07 Å². The predicted octanol–water partition coefficient (Wildman–Crippen LogP) is 3.41. The standard InChI is InChI=1S/C20H21N3O/c21-14-16-6-8-17(9-7-16)15-23-12-10-18(11-13-23)20(24)22-19-4-2-1-3-5-19/h1-9,18H,10-13,15H2,(H,22,24). The van der Waals surface area contributed by atoms with Crippen LogP contribution in [-0.4, -0.2) is 23.9 Å². The van der Waals surface area contributed by atoms with Crippen molar-refractivity contribution < 1.29 is 4.79 Å². The number of nitriles is 1. The minimum Gasteiger partial charge on any atom is -0.326 e. The molecule has 0 saturated carbocycles.